The molecule has 2 aromatic rings. The molecule has 0 bridgehead atoms. The second kappa shape index (κ2) is 7.14. The second-order valence-electron chi connectivity index (χ2n) is 4.35. The van der Waals surface area contributed by atoms with E-state index in [0.29, 0.717) is 22.8 Å². The van der Waals surface area contributed by atoms with E-state index < -0.39 is 0 Å². The average Bonchev–Trinajstić information content (AvgIpc) is 2.59. The van der Waals surface area contributed by atoms with Crippen molar-refractivity contribution in [1.82, 2.24) is 4.98 Å². The number of hydrogen-bond donors (Lipinski definition) is 0. The Morgan fingerprint density at radius 3 is 2.27 bits per heavy atom. The molecular formula is C17H16N2O3. The van der Waals surface area contributed by atoms with Gasteiger partial charge in [-0.3, -0.25) is 4.98 Å². The van der Waals surface area contributed by atoms with Crippen LogP contribution < -0.4 is 14.2 Å². The van der Waals surface area contributed by atoms with E-state index in [1.165, 1.54) is 6.20 Å². The fraction of sp³-hybridized carbons (Fsp3) is 0.176. The highest BCUT2D eigenvalue weighted by Crippen LogP contribution is 2.35. The molecule has 0 aliphatic heterocycles. The highest BCUT2D eigenvalue weighted by molar-refractivity contribution is 5.78. The van der Waals surface area contributed by atoms with Crippen molar-refractivity contribution in [3.63, 3.8) is 0 Å². The van der Waals surface area contributed by atoms with Crippen LogP contribution in [0.2, 0.25) is 0 Å². The zero-order chi connectivity index (χ0) is 15.9. The quantitative estimate of drug-likeness (QED) is 0.848. The van der Waals surface area contributed by atoms with Gasteiger partial charge in [0.15, 0.2) is 0 Å². The summed E-state index contributed by atoms with van der Waals surface area (Å²) < 4.78 is 16.0. The van der Waals surface area contributed by atoms with E-state index in [0.717, 1.165) is 11.1 Å². The maximum absolute atomic E-state index is 9.10. The standard InChI is InChI=1S/C17H16N2O3/c1-20-14-8-16(21-2)15(17(9-14)22-3)5-4-12-6-7-19-11-13(12)10-18/h4-9,11H,1-3H3. The summed E-state index contributed by atoms with van der Waals surface area (Å²) in [4.78, 5) is 3.94. The van der Waals surface area contributed by atoms with E-state index in [1.54, 1.807) is 45.7 Å². The normalized spacial score (nSPS) is 10.3. The van der Waals surface area contributed by atoms with Gasteiger partial charge in [-0.1, -0.05) is 6.08 Å². The van der Waals surface area contributed by atoms with Gasteiger partial charge in [-0.15, -0.1) is 0 Å². The van der Waals surface area contributed by atoms with Crippen LogP contribution in [0.25, 0.3) is 12.2 Å². The van der Waals surface area contributed by atoms with Gasteiger partial charge in [-0.05, 0) is 17.7 Å². The van der Waals surface area contributed by atoms with Gasteiger partial charge < -0.3 is 14.2 Å². The van der Waals surface area contributed by atoms with Crippen LogP contribution in [0.4, 0.5) is 0 Å². The Balaban J connectivity index is 2.48. The van der Waals surface area contributed by atoms with Crippen LogP contribution in [-0.4, -0.2) is 26.3 Å². The van der Waals surface area contributed by atoms with Crippen molar-refractivity contribution >= 4 is 12.2 Å². The molecule has 5 heteroatoms. The molecule has 0 aliphatic rings. The van der Waals surface area contributed by atoms with Crippen LogP contribution >= 0.6 is 0 Å². The van der Waals surface area contributed by atoms with Crippen molar-refractivity contribution in [2.75, 3.05) is 21.3 Å². The monoisotopic (exact) mass is 296 g/mol. The van der Waals surface area contributed by atoms with E-state index in [4.69, 9.17) is 19.5 Å². The van der Waals surface area contributed by atoms with E-state index >= 15 is 0 Å². The Hall–Kier alpha value is -3.00. The molecule has 0 saturated heterocycles. The third-order valence-corrected chi connectivity index (χ3v) is 3.16. The zero-order valence-electron chi connectivity index (χ0n) is 12.7. The first kappa shape index (κ1) is 15.4. The summed E-state index contributed by atoms with van der Waals surface area (Å²) in [5.74, 6) is 1.90. The minimum Gasteiger partial charge on any atom is -0.496 e. The van der Waals surface area contributed by atoms with Crippen molar-refractivity contribution in [2.24, 2.45) is 0 Å². The average molecular weight is 296 g/mol. The Morgan fingerprint density at radius 1 is 1.05 bits per heavy atom. The second-order valence-corrected chi connectivity index (χ2v) is 4.35. The number of benzene rings is 1. The molecule has 0 amide bonds. The summed E-state index contributed by atoms with van der Waals surface area (Å²) in [7, 11) is 4.75. The SMILES string of the molecule is COc1cc(OC)c(C=Cc2ccncc2C#N)c(OC)c1. The molecule has 0 spiro atoms. The van der Waals surface area contributed by atoms with E-state index in [2.05, 4.69) is 11.1 Å². The van der Waals surface area contributed by atoms with Crippen LogP contribution in [0.15, 0.2) is 30.6 Å². The van der Waals surface area contributed by atoms with Gasteiger partial charge in [0, 0.05) is 24.5 Å². The summed E-state index contributed by atoms with van der Waals surface area (Å²) in [6.07, 6.45) is 6.84. The first-order valence-corrected chi connectivity index (χ1v) is 6.55. The lowest BCUT2D eigenvalue weighted by molar-refractivity contribution is 0.374. The molecule has 0 N–H and O–H groups in total. The number of methoxy groups -OCH3 is 3. The Labute approximate surface area is 129 Å². The molecule has 0 unspecified atom stereocenters. The predicted octanol–water partition coefficient (Wildman–Crippen LogP) is 3.15. The molecular weight excluding hydrogens is 280 g/mol. The summed E-state index contributed by atoms with van der Waals surface area (Å²) in [6, 6.07) is 7.44. The highest BCUT2D eigenvalue weighted by atomic mass is 16.5. The van der Waals surface area contributed by atoms with Crippen LogP contribution in [0, 0.1) is 11.3 Å². The lowest BCUT2D eigenvalue weighted by Crippen LogP contribution is -1.94. The number of nitriles is 1. The molecule has 112 valence electrons. The van der Waals surface area contributed by atoms with Gasteiger partial charge >= 0.3 is 0 Å². The lowest BCUT2D eigenvalue weighted by Gasteiger charge is -2.12. The van der Waals surface area contributed by atoms with Crippen molar-refractivity contribution in [2.45, 2.75) is 0 Å². The van der Waals surface area contributed by atoms with Crippen LogP contribution in [0.5, 0.6) is 17.2 Å². The first-order chi connectivity index (χ1) is 10.7. The molecule has 5 nitrogen and oxygen atoms in total. The van der Waals surface area contributed by atoms with Crippen molar-refractivity contribution in [3.8, 4) is 23.3 Å². The molecule has 0 saturated carbocycles. The molecule has 0 aliphatic carbocycles. The number of rotatable bonds is 5. The van der Waals surface area contributed by atoms with Gasteiger partial charge in [0.25, 0.3) is 0 Å². The molecule has 1 aromatic heterocycles. The highest BCUT2D eigenvalue weighted by Gasteiger charge is 2.11. The molecule has 0 fully saturated rings. The van der Waals surface area contributed by atoms with Crippen molar-refractivity contribution in [3.05, 3.63) is 47.3 Å². The molecule has 2 rings (SSSR count). The fourth-order valence-corrected chi connectivity index (χ4v) is 2.01. The largest absolute Gasteiger partial charge is 0.496 e. The predicted molar refractivity (Wildman–Crippen MR) is 84.0 cm³/mol. The molecule has 0 radical (unpaired) electrons. The Kier molecular flexibility index (Phi) is 4.99. The van der Waals surface area contributed by atoms with Crippen LogP contribution in [-0.2, 0) is 0 Å². The van der Waals surface area contributed by atoms with Gasteiger partial charge in [0.1, 0.15) is 23.3 Å². The van der Waals surface area contributed by atoms with Gasteiger partial charge in [-0.2, -0.15) is 5.26 Å². The number of aromatic nitrogens is 1. The van der Waals surface area contributed by atoms with E-state index in [9.17, 15) is 0 Å². The summed E-state index contributed by atoms with van der Waals surface area (Å²) >= 11 is 0. The van der Waals surface area contributed by atoms with Gasteiger partial charge in [-0.25, -0.2) is 0 Å². The number of nitrogens with zero attached hydrogens (tertiary/aromatic N) is 2. The van der Waals surface area contributed by atoms with Crippen molar-refractivity contribution < 1.29 is 14.2 Å². The summed E-state index contributed by atoms with van der Waals surface area (Å²) in [6.45, 7) is 0. The van der Waals surface area contributed by atoms with E-state index in [-0.39, 0.29) is 0 Å². The maximum Gasteiger partial charge on any atom is 0.133 e. The minimum absolute atomic E-state index is 0.505. The third kappa shape index (κ3) is 3.18. The van der Waals surface area contributed by atoms with Gasteiger partial charge in [0.2, 0.25) is 0 Å². The topological polar surface area (TPSA) is 64.4 Å². The van der Waals surface area contributed by atoms with E-state index in [1.807, 2.05) is 12.2 Å². The first-order valence-electron chi connectivity index (χ1n) is 6.55. The molecule has 1 aromatic carbocycles. The van der Waals surface area contributed by atoms with Crippen molar-refractivity contribution in [1.29, 1.82) is 5.26 Å². The number of hydrogen-bond acceptors (Lipinski definition) is 5. The Bertz CT molecular complexity index is 708. The lowest BCUT2D eigenvalue weighted by atomic mass is 10.1. The van der Waals surface area contributed by atoms with Gasteiger partial charge in [0.05, 0.1) is 32.5 Å². The zero-order valence-corrected chi connectivity index (χ0v) is 12.7. The number of pyridine rings is 1. The molecule has 1 heterocycles. The molecule has 0 atom stereocenters. The minimum atomic E-state index is 0.505. The van der Waals surface area contributed by atoms with Crippen LogP contribution in [0.3, 0.4) is 0 Å². The third-order valence-electron chi connectivity index (χ3n) is 3.16. The summed E-state index contributed by atoms with van der Waals surface area (Å²) in [5.41, 5.74) is 2.05. The Morgan fingerprint density at radius 2 is 1.73 bits per heavy atom. The smallest absolute Gasteiger partial charge is 0.133 e. The maximum atomic E-state index is 9.10. The summed E-state index contributed by atoms with van der Waals surface area (Å²) in [5, 5.41) is 9.10. The number of ether oxygens (including phenoxy) is 3. The molecule has 22 heavy (non-hydrogen) atoms. The van der Waals surface area contributed by atoms with Crippen LogP contribution in [0.1, 0.15) is 16.7 Å². The fourth-order valence-electron chi connectivity index (χ4n) is 2.01.